The van der Waals surface area contributed by atoms with E-state index in [9.17, 15) is 14.4 Å². The lowest BCUT2D eigenvalue weighted by Gasteiger charge is -2.28. The highest BCUT2D eigenvalue weighted by molar-refractivity contribution is 6.08. The Labute approximate surface area is 178 Å². The van der Waals surface area contributed by atoms with Gasteiger partial charge in [-0.2, -0.15) is 0 Å². The molecule has 4 rings (SSSR count). The zero-order valence-corrected chi connectivity index (χ0v) is 17.2. The molecule has 4 heterocycles. The number of nitrogens with zero attached hydrogens (tertiary/aromatic N) is 5. The lowest BCUT2D eigenvalue weighted by atomic mass is 10.1. The first-order valence-corrected chi connectivity index (χ1v) is 9.93. The van der Waals surface area contributed by atoms with Gasteiger partial charge in [0.15, 0.2) is 0 Å². The summed E-state index contributed by atoms with van der Waals surface area (Å²) in [5.41, 5.74) is 2.66. The molecule has 1 amide bonds. The van der Waals surface area contributed by atoms with E-state index in [1.165, 1.54) is 25.4 Å². The van der Waals surface area contributed by atoms with Crippen molar-refractivity contribution in [2.75, 3.05) is 6.54 Å². The number of pyridine rings is 2. The third kappa shape index (κ3) is 3.81. The summed E-state index contributed by atoms with van der Waals surface area (Å²) >= 11 is 0. The number of rotatable bonds is 5. The number of carboxylic acids is 1. The molecule has 158 valence electrons. The number of ketones is 1. The van der Waals surface area contributed by atoms with Gasteiger partial charge in [0.2, 0.25) is 11.7 Å². The molecule has 1 aliphatic rings. The van der Waals surface area contributed by atoms with Crippen LogP contribution in [0, 0.1) is 0 Å². The summed E-state index contributed by atoms with van der Waals surface area (Å²) in [6.45, 7) is 5.09. The van der Waals surface area contributed by atoms with Crippen LogP contribution in [0.15, 0.2) is 36.7 Å². The summed E-state index contributed by atoms with van der Waals surface area (Å²) in [6.07, 6.45) is 3.60. The molecule has 3 aromatic rings. The summed E-state index contributed by atoms with van der Waals surface area (Å²) < 4.78 is 2.03. The lowest BCUT2D eigenvalue weighted by Crippen LogP contribution is -2.37. The molecule has 0 radical (unpaired) electrons. The lowest BCUT2D eigenvalue weighted by molar-refractivity contribution is -0.130. The number of aromatic carboxylic acids is 1. The predicted molar refractivity (Wildman–Crippen MR) is 111 cm³/mol. The minimum absolute atomic E-state index is 0.0301. The molecule has 0 atom stereocenters. The van der Waals surface area contributed by atoms with E-state index in [1.54, 1.807) is 23.1 Å². The van der Waals surface area contributed by atoms with Crippen molar-refractivity contribution in [1.29, 1.82) is 0 Å². The molecule has 3 aromatic heterocycles. The van der Waals surface area contributed by atoms with Crippen molar-refractivity contribution in [2.24, 2.45) is 0 Å². The van der Waals surface area contributed by atoms with Crippen molar-refractivity contribution in [1.82, 2.24) is 24.4 Å². The van der Waals surface area contributed by atoms with Gasteiger partial charge >= 0.3 is 5.97 Å². The number of amides is 1. The number of carbonyl (C=O) groups excluding carboxylic acids is 2. The average Bonchev–Trinajstić information content (AvgIpc) is 3.16. The predicted octanol–water partition coefficient (Wildman–Crippen LogP) is 2.19. The molecule has 0 bridgehead atoms. The number of carboxylic acid groups (broad SMARTS) is 1. The molecule has 31 heavy (non-hydrogen) atoms. The summed E-state index contributed by atoms with van der Waals surface area (Å²) in [7, 11) is 0. The first-order valence-electron chi connectivity index (χ1n) is 9.93. The molecule has 0 saturated carbocycles. The highest BCUT2D eigenvalue weighted by atomic mass is 16.4. The van der Waals surface area contributed by atoms with E-state index in [2.05, 4.69) is 15.0 Å². The minimum Gasteiger partial charge on any atom is -0.477 e. The monoisotopic (exact) mass is 419 g/mol. The first-order chi connectivity index (χ1) is 14.9. The van der Waals surface area contributed by atoms with E-state index in [0.717, 1.165) is 11.5 Å². The Balaban J connectivity index is 1.62. The van der Waals surface area contributed by atoms with E-state index >= 15 is 0 Å². The Kier molecular flexibility index (Phi) is 5.33. The van der Waals surface area contributed by atoms with Crippen molar-refractivity contribution in [3.05, 3.63) is 65.1 Å². The third-order valence-electron chi connectivity index (χ3n) is 5.37. The van der Waals surface area contributed by atoms with Gasteiger partial charge in [-0.25, -0.2) is 14.8 Å². The Hall–Kier alpha value is -3.88. The molecule has 9 nitrogen and oxygen atoms in total. The zero-order valence-electron chi connectivity index (χ0n) is 17.2. The van der Waals surface area contributed by atoms with Crippen LogP contribution in [0.4, 0.5) is 0 Å². The van der Waals surface area contributed by atoms with Gasteiger partial charge in [0.25, 0.3) is 0 Å². The van der Waals surface area contributed by atoms with Gasteiger partial charge in [-0.3, -0.25) is 14.6 Å². The fourth-order valence-electron chi connectivity index (χ4n) is 3.67. The van der Waals surface area contributed by atoms with E-state index < -0.39 is 5.97 Å². The smallest absolute Gasteiger partial charge is 0.354 e. The maximum absolute atomic E-state index is 13.2. The highest BCUT2D eigenvalue weighted by Crippen LogP contribution is 2.23. The van der Waals surface area contributed by atoms with Crippen LogP contribution in [0.5, 0.6) is 0 Å². The Morgan fingerprint density at radius 2 is 1.87 bits per heavy atom. The topological polar surface area (TPSA) is 118 Å². The van der Waals surface area contributed by atoms with Crippen molar-refractivity contribution >= 4 is 17.7 Å². The number of fused-ring (bicyclic) bond motifs is 1. The van der Waals surface area contributed by atoms with Gasteiger partial charge in [0, 0.05) is 50.0 Å². The van der Waals surface area contributed by atoms with Crippen molar-refractivity contribution in [3.63, 3.8) is 0 Å². The van der Waals surface area contributed by atoms with E-state index in [0.29, 0.717) is 48.6 Å². The second-order valence-corrected chi connectivity index (χ2v) is 7.27. The third-order valence-corrected chi connectivity index (χ3v) is 5.37. The zero-order chi connectivity index (χ0) is 22.1. The van der Waals surface area contributed by atoms with Gasteiger partial charge in [0.1, 0.15) is 17.2 Å². The van der Waals surface area contributed by atoms with E-state index in [4.69, 9.17) is 5.11 Å². The maximum atomic E-state index is 13.2. The quantitative estimate of drug-likeness (QED) is 0.630. The molecule has 0 aliphatic carbocycles. The fraction of sp³-hybridized carbons (Fsp3) is 0.273. The van der Waals surface area contributed by atoms with Crippen molar-refractivity contribution < 1.29 is 19.5 Å². The Morgan fingerprint density at radius 1 is 1.06 bits per heavy atom. The largest absolute Gasteiger partial charge is 0.477 e. The van der Waals surface area contributed by atoms with Crippen molar-refractivity contribution in [2.45, 2.75) is 33.4 Å². The van der Waals surface area contributed by atoms with Crippen molar-refractivity contribution in [3.8, 4) is 11.3 Å². The minimum atomic E-state index is -1.10. The van der Waals surface area contributed by atoms with Gasteiger partial charge in [0.05, 0.1) is 17.9 Å². The maximum Gasteiger partial charge on any atom is 0.354 e. The fourth-order valence-corrected chi connectivity index (χ4v) is 3.67. The van der Waals surface area contributed by atoms with E-state index in [-0.39, 0.29) is 17.4 Å². The number of hydrogen-bond acceptors (Lipinski definition) is 6. The molecular formula is C22H21N5O4. The Morgan fingerprint density at radius 3 is 2.45 bits per heavy atom. The van der Waals surface area contributed by atoms with Gasteiger partial charge in [-0.1, -0.05) is 6.92 Å². The van der Waals surface area contributed by atoms with Crippen LogP contribution < -0.4 is 0 Å². The van der Waals surface area contributed by atoms with Crippen LogP contribution in [0.1, 0.15) is 51.9 Å². The van der Waals surface area contributed by atoms with Crippen LogP contribution in [-0.2, 0) is 24.3 Å². The molecule has 0 fully saturated rings. The van der Waals surface area contributed by atoms with Crippen LogP contribution in [0.3, 0.4) is 0 Å². The molecule has 0 unspecified atom stereocenters. The second kappa shape index (κ2) is 8.10. The number of imidazole rings is 1. The Bertz CT molecular complexity index is 1170. The SMILES string of the molecule is CCc1nc(C(=O)c2ccc(-c3ccc(C(=O)O)nc3)nc2)c2n1CCN(C(C)=O)C2. The van der Waals surface area contributed by atoms with Crippen LogP contribution >= 0.6 is 0 Å². The average molecular weight is 419 g/mol. The molecule has 0 spiro atoms. The number of aromatic nitrogens is 4. The first kappa shape index (κ1) is 20.4. The van der Waals surface area contributed by atoms with Gasteiger partial charge < -0.3 is 14.6 Å². The molecule has 1 N–H and O–H groups in total. The number of aryl methyl sites for hydroxylation is 1. The summed E-state index contributed by atoms with van der Waals surface area (Å²) in [4.78, 5) is 50.5. The molecule has 9 heteroatoms. The normalized spacial score (nSPS) is 13.0. The molecule has 0 saturated heterocycles. The van der Waals surface area contributed by atoms with Crippen LogP contribution in [-0.4, -0.2) is 53.7 Å². The highest BCUT2D eigenvalue weighted by Gasteiger charge is 2.28. The van der Waals surface area contributed by atoms with Gasteiger partial charge in [-0.15, -0.1) is 0 Å². The number of carbonyl (C=O) groups is 3. The summed E-state index contributed by atoms with van der Waals surface area (Å²) in [5.74, 6) is -0.543. The molecular weight excluding hydrogens is 398 g/mol. The van der Waals surface area contributed by atoms with E-state index in [1.807, 2.05) is 11.5 Å². The van der Waals surface area contributed by atoms with Crippen LogP contribution in [0.2, 0.25) is 0 Å². The molecule has 0 aromatic carbocycles. The van der Waals surface area contributed by atoms with Gasteiger partial charge in [-0.05, 0) is 24.3 Å². The standard InChI is InChI=1S/C22H21N5O4/c1-3-19-25-20(18-12-26(13(2)28)8-9-27(18)19)21(29)15-5-6-16(23-11-15)14-4-7-17(22(30)31)24-10-14/h4-7,10-11H,3,8-9,12H2,1-2H3,(H,30,31). The number of hydrogen-bond donors (Lipinski definition) is 1. The summed E-state index contributed by atoms with van der Waals surface area (Å²) in [6, 6.07) is 6.38. The second-order valence-electron chi connectivity index (χ2n) is 7.27. The summed E-state index contributed by atoms with van der Waals surface area (Å²) in [5, 5.41) is 8.96. The van der Waals surface area contributed by atoms with Crippen LogP contribution in [0.25, 0.3) is 11.3 Å². The molecule has 1 aliphatic heterocycles.